The van der Waals surface area contributed by atoms with Gasteiger partial charge in [-0.1, -0.05) is 0 Å². The maximum Gasteiger partial charge on any atom is 0.411 e. The van der Waals surface area contributed by atoms with Gasteiger partial charge in [0.15, 0.2) is 5.78 Å². The summed E-state index contributed by atoms with van der Waals surface area (Å²) in [5.41, 5.74) is -1.72. The monoisotopic (exact) mass is 285 g/mol. The molecule has 1 heterocycles. The first kappa shape index (κ1) is 16.5. The first-order valence-electron chi connectivity index (χ1n) is 6.72. The van der Waals surface area contributed by atoms with Gasteiger partial charge in [-0.2, -0.15) is 0 Å². The van der Waals surface area contributed by atoms with Crippen molar-refractivity contribution in [2.75, 3.05) is 13.2 Å². The van der Waals surface area contributed by atoms with E-state index in [0.717, 1.165) is 0 Å². The number of ether oxygens (including phenoxy) is 2. The molecular weight excluding hydrogens is 262 g/mol. The molecule has 1 fully saturated rings. The minimum atomic E-state index is -1.07. The van der Waals surface area contributed by atoms with Crippen LogP contribution >= 0.6 is 0 Å². The standard InChI is InChI=1S/C14H23NO5/c1-7-19-11(17)9-8-15(14(5,6)10(9)16)12(18)20-13(2,3)4/h9H,7-8H2,1-6H3. The number of nitrogens with zero attached hydrogens (tertiary/aromatic N) is 1. The fourth-order valence-electron chi connectivity index (χ4n) is 2.10. The summed E-state index contributed by atoms with van der Waals surface area (Å²) in [5.74, 6) is -1.84. The fraction of sp³-hybridized carbons (Fsp3) is 0.786. The molecule has 1 atom stereocenters. The summed E-state index contributed by atoms with van der Waals surface area (Å²) in [7, 11) is 0. The highest BCUT2D eigenvalue weighted by Gasteiger charge is 2.53. The van der Waals surface area contributed by atoms with Gasteiger partial charge in [0.25, 0.3) is 0 Å². The average molecular weight is 285 g/mol. The molecule has 0 saturated carbocycles. The molecule has 0 aromatic rings. The van der Waals surface area contributed by atoms with Crippen molar-refractivity contribution in [2.45, 2.75) is 52.7 Å². The van der Waals surface area contributed by atoms with Crippen LogP contribution in [0.2, 0.25) is 0 Å². The molecule has 0 aromatic carbocycles. The molecule has 6 nitrogen and oxygen atoms in total. The van der Waals surface area contributed by atoms with Crippen molar-refractivity contribution in [3.8, 4) is 0 Å². The van der Waals surface area contributed by atoms with Crippen LogP contribution < -0.4 is 0 Å². The van der Waals surface area contributed by atoms with Crippen LogP contribution in [0.3, 0.4) is 0 Å². The summed E-state index contributed by atoms with van der Waals surface area (Å²) in [5, 5.41) is 0. The predicted octanol–water partition coefficient (Wildman–Crippen LogP) is 1.76. The summed E-state index contributed by atoms with van der Waals surface area (Å²) in [4.78, 5) is 37.5. The van der Waals surface area contributed by atoms with Crippen LogP contribution in [-0.4, -0.2) is 47.0 Å². The Bertz CT molecular complexity index is 422. The van der Waals surface area contributed by atoms with Gasteiger partial charge >= 0.3 is 12.1 Å². The molecule has 0 N–H and O–H groups in total. The van der Waals surface area contributed by atoms with E-state index in [0.29, 0.717) is 0 Å². The maximum atomic E-state index is 12.3. The van der Waals surface area contributed by atoms with Crippen molar-refractivity contribution in [3.05, 3.63) is 0 Å². The number of esters is 1. The average Bonchev–Trinajstić information content (AvgIpc) is 2.49. The van der Waals surface area contributed by atoms with Crippen LogP contribution in [0, 0.1) is 5.92 Å². The van der Waals surface area contributed by atoms with Crippen LogP contribution in [0.4, 0.5) is 4.79 Å². The normalized spacial score (nSPS) is 21.8. The van der Waals surface area contributed by atoms with Crippen molar-refractivity contribution in [2.24, 2.45) is 5.92 Å². The number of hydrogen-bond donors (Lipinski definition) is 0. The van der Waals surface area contributed by atoms with Crippen molar-refractivity contribution >= 4 is 17.8 Å². The number of carbonyl (C=O) groups is 3. The lowest BCUT2D eigenvalue weighted by Crippen LogP contribution is -2.48. The molecule has 1 rings (SSSR count). The van der Waals surface area contributed by atoms with E-state index in [1.165, 1.54) is 4.90 Å². The molecule has 1 saturated heterocycles. The third-order valence-corrected chi connectivity index (χ3v) is 3.14. The Morgan fingerprint density at radius 2 is 1.90 bits per heavy atom. The zero-order valence-electron chi connectivity index (χ0n) is 13.0. The Kier molecular flexibility index (Phi) is 4.46. The number of rotatable bonds is 2. The fourth-order valence-corrected chi connectivity index (χ4v) is 2.10. The van der Waals surface area contributed by atoms with Crippen LogP contribution in [0.1, 0.15) is 41.5 Å². The summed E-state index contributed by atoms with van der Waals surface area (Å²) in [6.07, 6.45) is -0.595. The highest BCUT2D eigenvalue weighted by Crippen LogP contribution is 2.31. The molecule has 1 unspecified atom stereocenters. The second kappa shape index (κ2) is 5.42. The van der Waals surface area contributed by atoms with Gasteiger partial charge in [-0.05, 0) is 41.5 Å². The smallest absolute Gasteiger partial charge is 0.411 e. The second-order valence-corrected chi connectivity index (χ2v) is 6.32. The summed E-state index contributed by atoms with van der Waals surface area (Å²) < 4.78 is 10.2. The number of Topliss-reactive ketones (excluding diaryl/α,β-unsaturated/α-hetero) is 1. The molecule has 1 aliphatic heterocycles. The van der Waals surface area contributed by atoms with E-state index in [4.69, 9.17) is 9.47 Å². The van der Waals surface area contributed by atoms with Gasteiger partial charge in [0.1, 0.15) is 17.1 Å². The Balaban J connectivity index is 2.92. The minimum Gasteiger partial charge on any atom is -0.465 e. The topological polar surface area (TPSA) is 72.9 Å². The van der Waals surface area contributed by atoms with E-state index in [9.17, 15) is 14.4 Å². The number of carbonyl (C=O) groups excluding carboxylic acids is 3. The minimum absolute atomic E-state index is 0.000417. The van der Waals surface area contributed by atoms with Crippen LogP contribution in [0.5, 0.6) is 0 Å². The zero-order chi connectivity index (χ0) is 15.7. The summed E-state index contributed by atoms with van der Waals surface area (Å²) >= 11 is 0. The third-order valence-electron chi connectivity index (χ3n) is 3.14. The van der Waals surface area contributed by atoms with Gasteiger partial charge in [-0.25, -0.2) is 4.79 Å². The quantitative estimate of drug-likeness (QED) is 0.571. The number of hydrogen-bond acceptors (Lipinski definition) is 5. The summed E-state index contributed by atoms with van der Waals surface area (Å²) in [6, 6.07) is 0. The molecule has 1 amide bonds. The van der Waals surface area contributed by atoms with Gasteiger partial charge in [0.05, 0.1) is 6.61 Å². The van der Waals surface area contributed by atoms with Crippen LogP contribution in [-0.2, 0) is 19.1 Å². The highest BCUT2D eigenvalue weighted by atomic mass is 16.6. The SMILES string of the molecule is CCOC(=O)C1CN(C(=O)OC(C)(C)C)C(C)(C)C1=O. The molecule has 6 heteroatoms. The lowest BCUT2D eigenvalue weighted by Gasteiger charge is -2.31. The third kappa shape index (κ3) is 3.29. The second-order valence-electron chi connectivity index (χ2n) is 6.32. The van der Waals surface area contributed by atoms with Gasteiger partial charge in [0, 0.05) is 6.54 Å². The number of ketones is 1. The first-order chi connectivity index (χ1) is 9.00. The van der Waals surface area contributed by atoms with Crippen molar-refractivity contribution < 1.29 is 23.9 Å². The van der Waals surface area contributed by atoms with E-state index >= 15 is 0 Å². The molecule has 20 heavy (non-hydrogen) atoms. The molecular formula is C14H23NO5. The van der Waals surface area contributed by atoms with E-state index < -0.39 is 29.1 Å². The van der Waals surface area contributed by atoms with E-state index in [1.807, 2.05) is 0 Å². The molecule has 0 bridgehead atoms. The predicted molar refractivity (Wildman–Crippen MR) is 72.1 cm³/mol. The number of likely N-dealkylation sites (tertiary alicyclic amines) is 1. The molecule has 1 aliphatic rings. The highest BCUT2D eigenvalue weighted by molar-refractivity contribution is 6.07. The Morgan fingerprint density at radius 1 is 1.35 bits per heavy atom. The Morgan fingerprint density at radius 3 is 2.35 bits per heavy atom. The zero-order valence-corrected chi connectivity index (χ0v) is 13.0. The molecule has 114 valence electrons. The molecule has 0 radical (unpaired) electrons. The van der Waals surface area contributed by atoms with Crippen LogP contribution in [0.15, 0.2) is 0 Å². The Hall–Kier alpha value is -1.59. The van der Waals surface area contributed by atoms with E-state index in [2.05, 4.69) is 0 Å². The van der Waals surface area contributed by atoms with E-state index in [1.54, 1.807) is 41.5 Å². The van der Waals surface area contributed by atoms with Gasteiger partial charge < -0.3 is 9.47 Å². The van der Waals surface area contributed by atoms with Crippen molar-refractivity contribution in [3.63, 3.8) is 0 Å². The lowest BCUT2D eigenvalue weighted by molar-refractivity contribution is -0.150. The lowest BCUT2D eigenvalue weighted by atomic mass is 9.95. The maximum absolute atomic E-state index is 12.3. The Labute approximate surface area is 119 Å². The molecule has 0 aliphatic carbocycles. The largest absolute Gasteiger partial charge is 0.465 e. The van der Waals surface area contributed by atoms with Crippen molar-refractivity contribution in [1.29, 1.82) is 0 Å². The van der Waals surface area contributed by atoms with Gasteiger partial charge in [0.2, 0.25) is 0 Å². The molecule has 0 aromatic heterocycles. The van der Waals surface area contributed by atoms with Crippen LogP contribution in [0.25, 0.3) is 0 Å². The van der Waals surface area contributed by atoms with Gasteiger partial charge in [-0.3, -0.25) is 14.5 Å². The number of amides is 1. The van der Waals surface area contributed by atoms with Gasteiger partial charge in [-0.15, -0.1) is 0 Å². The van der Waals surface area contributed by atoms with Crippen molar-refractivity contribution in [1.82, 2.24) is 4.90 Å². The summed E-state index contributed by atoms with van der Waals surface area (Å²) in [6.45, 7) is 10.3. The van der Waals surface area contributed by atoms with E-state index in [-0.39, 0.29) is 18.9 Å². The first-order valence-corrected chi connectivity index (χ1v) is 6.72. The molecule has 0 spiro atoms.